The Balaban J connectivity index is 2.38. The van der Waals surface area contributed by atoms with Gasteiger partial charge in [0.05, 0.1) is 4.90 Å². The third-order valence-electron chi connectivity index (χ3n) is 2.50. The topological polar surface area (TPSA) is 121 Å². The largest absolute Gasteiger partial charge is 0.427 e. The van der Waals surface area contributed by atoms with Crippen molar-refractivity contribution in [2.24, 2.45) is 5.14 Å². The summed E-state index contributed by atoms with van der Waals surface area (Å²) in [5, 5.41) is 4.96. The van der Waals surface area contributed by atoms with Crippen LogP contribution in [0.3, 0.4) is 0 Å². The van der Waals surface area contributed by atoms with E-state index in [9.17, 15) is 21.6 Å². The number of ether oxygens (including phenoxy) is 1. The van der Waals surface area contributed by atoms with Crippen molar-refractivity contribution in [1.82, 2.24) is 0 Å². The van der Waals surface area contributed by atoms with Gasteiger partial charge in [0.2, 0.25) is 19.9 Å². The summed E-state index contributed by atoms with van der Waals surface area (Å²) in [7, 11) is -7.81. The van der Waals surface area contributed by atoms with Crippen molar-refractivity contribution in [2.75, 3.05) is 0 Å². The quantitative estimate of drug-likeness (QED) is 0.644. The number of carbonyl (C=O) groups is 1. The molecule has 0 amide bonds. The minimum atomic E-state index is -3.95. The highest BCUT2D eigenvalue weighted by atomic mass is 32.3. The minimum Gasteiger partial charge on any atom is -0.427 e. The molecule has 1 aromatic heterocycles. The second-order valence-corrected chi connectivity index (χ2v) is 9.24. The van der Waals surface area contributed by atoms with Crippen LogP contribution in [0.2, 0.25) is 0 Å². The number of sulfone groups is 1. The highest BCUT2D eigenvalue weighted by molar-refractivity contribution is 7.95. The summed E-state index contributed by atoms with van der Waals surface area (Å²) in [4.78, 5) is 10.8. The van der Waals surface area contributed by atoms with Gasteiger partial charge >= 0.3 is 5.97 Å². The van der Waals surface area contributed by atoms with Crippen LogP contribution in [0.1, 0.15) is 6.92 Å². The fourth-order valence-electron chi connectivity index (χ4n) is 1.57. The summed E-state index contributed by atoms with van der Waals surface area (Å²) in [6.07, 6.45) is 0. The standard InChI is InChI=1S/C12H11NO6S3/c1-8(14)19-9-2-4-10(5-3-9)21(15,16)11-6-7-12(20-11)22(13,17)18/h2-7H,1H3,(H2,13,17,18). The molecule has 0 bridgehead atoms. The molecule has 22 heavy (non-hydrogen) atoms. The van der Waals surface area contributed by atoms with E-state index in [-0.39, 0.29) is 19.1 Å². The maximum absolute atomic E-state index is 12.4. The van der Waals surface area contributed by atoms with Gasteiger partial charge in [0, 0.05) is 6.92 Å². The van der Waals surface area contributed by atoms with Crippen molar-refractivity contribution < 1.29 is 26.4 Å². The van der Waals surface area contributed by atoms with E-state index in [2.05, 4.69) is 0 Å². The van der Waals surface area contributed by atoms with Gasteiger partial charge in [-0.3, -0.25) is 4.79 Å². The van der Waals surface area contributed by atoms with Gasteiger partial charge in [0.15, 0.2) is 0 Å². The first kappa shape index (κ1) is 16.6. The molecule has 1 heterocycles. The summed E-state index contributed by atoms with van der Waals surface area (Å²) in [6, 6.07) is 7.53. The highest BCUT2D eigenvalue weighted by Gasteiger charge is 2.22. The first-order chi connectivity index (χ1) is 10.1. The monoisotopic (exact) mass is 361 g/mol. The van der Waals surface area contributed by atoms with E-state index in [1.54, 1.807) is 0 Å². The number of rotatable bonds is 4. The van der Waals surface area contributed by atoms with Gasteiger partial charge in [-0.1, -0.05) is 0 Å². The Labute approximate surface area is 131 Å². The highest BCUT2D eigenvalue weighted by Crippen LogP contribution is 2.30. The lowest BCUT2D eigenvalue weighted by atomic mass is 10.3. The summed E-state index contributed by atoms with van der Waals surface area (Å²) >= 11 is 0.570. The lowest BCUT2D eigenvalue weighted by Crippen LogP contribution is -2.09. The number of nitrogens with two attached hydrogens (primary N) is 1. The molecule has 7 nitrogen and oxygen atoms in total. The van der Waals surface area contributed by atoms with Crippen LogP contribution in [0, 0.1) is 0 Å². The molecule has 0 unspecified atom stereocenters. The molecule has 0 saturated heterocycles. The van der Waals surface area contributed by atoms with Gasteiger partial charge in [-0.25, -0.2) is 22.0 Å². The van der Waals surface area contributed by atoms with Gasteiger partial charge in [-0.15, -0.1) is 11.3 Å². The Morgan fingerprint density at radius 3 is 2.00 bits per heavy atom. The van der Waals surface area contributed by atoms with E-state index in [0.717, 1.165) is 6.07 Å². The van der Waals surface area contributed by atoms with Crippen molar-refractivity contribution in [3.63, 3.8) is 0 Å². The predicted octanol–water partition coefficient (Wildman–Crippen LogP) is 1.15. The Morgan fingerprint density at radius 1 is 1.00 bits per heavy atom. The van der Waals surface area contributed by atoms with E-state index < -0.39 is 25.8 Å². The Morgan fingerprint density at radius 2 is 1.55 bits per heavy atom. The summed E-state index contributed by atoms with van der Waals surface area (Å²) in [6.45, 7) is 1.23. The third-order valence-corrected chi connectivity index (χ3v) is 7.28. The van der Waals surface area contributed by atoms with Gasteiger partial charge in [-0.2, -0.15) is 0 Å². The first-order valence-electron chi connectivity index (χ1n) is 5.77. The van der Waals surface area contributed by atoms with E-state index >= 15 is 0 Å². The number of primary sulfonamides is 1. The maximum Gasteiger partial charge on any atom is 0.308 e. The summed E-state index contributed by atoms with van der Waals surface area (Å²) in [5.74, 6) is -0.311. The number of sulfonamides is 1. The van der Waals surface area contributed by atoms with Crippen LogP contribution in [0.4, 0.5) is 0 Å². The van der Waals surface area contributed by atoms with E-state index in [1.165, 1.54) is 37.3 Å². The van der Waals surface area contributed by atoms with Gasteiger partial charge < -0.3 is 4.74 Å². The number of hydrogen-bond donors (Lipinski definition) is 1. The first-order valence-corrected chi connectivity index (χ1v) is 9.61. The molecule has 0 spiro atoms. The normalized spacial score (nSPS) is 12.1. The van der Waals surface area contributed by atoms with Crippen molar-refractivity contribution in [2.45, 2.75) is 20.2 Å². The smallest absolute Gasteiger partial charge is 0.308 e. The fraction of sp³-hybridized carbons (Fsp3) is 0.0833. The second kappa shape index (κ2) is 5.80. The van der Waals surface area contributed by atoms with Gasteiger partial charge in [0.1, 0.15) is 14.2 Å². The minimum absolute atomic E-state index is 0.0498. The van der Waals surface area contributed by atoms with Gasteiger partial charge in [-0.05, 0) is 36.4 Å². The van der Waals surface area contributed by atoms with Crippen molar-refractivity contribution >= 4 is 37.2 Å². The molecule has 2 N–H and O–H groups in total. The molecule has 2 rings (SSSR count). The molecule has 2 aromatic rings. The number of carbonyl (C=O) groups excluding carboxylic acids is 1. The Bertz CT molecular complexity index is 910. The van der Waals surface area contributed by atoms with Crippen LogP contribution in [0.15, 0.2) is 49.7 Å². The van der Waals surface area contributed by atoms with E-state index in [4.69, 9.17) is 9.88 Å². The Hall–Kier alpha value is -1.75. The molecule has 0 saturated carbocycles. The molecule has 0 radical (unpaired) electrons. The molecular formula is C12H11NO6S3. The zero-order chi connectivity index (χ0) is 16.5. The number of benzene rings is 1. The van der Waals surface area contributed by atoms with Gasteiger partial charge in [0.25, 0.3) is 0 Å². The van der Waals surface area contributed by atoms with Crippen LogP contribution in [0.25, 0.3) is 0 Å². The van der Waals surface area contributed by atoms with Crippen LogP contribution in [-0.2, 0) is 24.7 Å². The molecule has 0 aliphatic heterocycles. The molecule has 0 aliphatic carbocycles. The van der Waals surface area contributed by atoms with Crippen molar-refractivity contribution in [3.8, 4) is 5.75 Å². The van der Waals surface area contributed by atoms with E-state index in [0.29, 0.717) is 11.3 Å². The SMILES string of the molecule is CC(=O)Oc1ccc(S(=O)(=O)c2ccc(S(N)(=O)=O)s2)cc1. The summed E-state index contributed by atoms with van der Waals surface area (Å²) < 4.78 is 51.6. The number of esters is 1. The Kier molecular flexibility index (Phi) is 4.38. The lowest BCUT2D eigenvalue weighted by Gasteiger charge is -2.04. The summed E-state index contributed by atoms with van der Waals surface area (Å²) in [5.41, 5.74) is 0. The molecule has 118 valence electrons. The number of hydrogen-bond acceptors (Lipinski definition) is 7. The van der Waals surface area contributed by atoms with E-state index in [1.807, 2.05) is 0 Å². The number of thiophene rings is 1. The predicted molar refractivity (Wildman–Crippen MR) is 78.9 cm³/mol. The third kappa shape index (κ3) is 3.53. The van der Waals surface area contributed by atoms with Crippen LogP contribution < -0.4 is 9.88 Å². The van der Waals surface area contributed by atoms with Crippen molar-refractivity contribution in [1.29, 1.82) is 0 Å². The molecule has 1 aromatic carbocycles. The van der Waals surface area contributed by atoms with Crippen LogP contribution >= 0.6 is 11.3 Å². The zero-order valence-electron chi connectivity index (χ0n) is 11.2. The average molecular weight is 361 g/mol. The van der Waals surface area contributed by atoms with Crippen LogP contribution in [-0.4, -0.2) is 22.8 Å². The molecule has 0 aliphatic rings. The van der Waals surface area contributed by atoms with Crippen LogP contribution in [0.5, 0.6) is 5.75 Å². The lowest BCUT2D eigenvalue weighted by molar-refractivity contribution is -0.131. The maximum atomic E-state index is 12.4. The molecule has 10 heteroatoms. The average Bonchev–Trinajstić information content (AvgIpc) is 2.88. The fourth-order valence-corrected chi connectivity index (χ4v) is 5.16. The molecular weight excluding hydrogens is 350 g/mol. The second-order valence-electron chi connectivity index (χ2n) is 4.19. The molecule has 0 fully saturated rings. The zero-order valence-corrected chi connectivity index (χ0v) is 13.7. The van der Waals surface area contributed by atoms with Crippen molar-refractivity contribution in [3.05, 3.63) is 36.4 Å². The molecule has 0 atom stereocenters.